The van der Waals surface area contributed by atoms with Crippen molar-refractivity contribution in [1.29, 1.82) is 0 Å². The van der Waals surface area contributed by atoms with Crippen LogP contribution in [-0.2, 0) is 4.79 Å². The second-order valence-corrected chi connectivity index (χ2v) is 4.30. The van der Waals surface area contributed by atoms with Gasteiger partial charge in [0.25, 0.3) is 5.24 Å². The molecule has 17 heavy (non-hydrogen) atoms. The maximum absolute atomic E-state index is 12.9. The Labute approximate surface area is 100.0 Å². The Morgan fingerprint density at radius 1 is 1.24 bits per heavy atom. The van der Waals surface area contributed by atoms with Gasteiger partial charge in [0, 0.05) is 11.8 Å². The van der Waals surface area contributed by atoms with Gasteiger partial charge in [-0.05, 0) is 12.1 Å². The van der Waals surface area contributed by atoms with E-state index in [0.29, 0.717) is 0 Å². The zero-order valence-corrected chi connectivity index (χ0v) is 9.39. The van der Waals surface area contributed by atoms with Crippen LogP contribution in [0, 0.1) is 11.6 Å². The summed E-state index contributed by atoms with van der Waals surface area (Å²) >= 11 is 0.904. The number of halogens is 2. The molecular formula is C10H8F2N2O2S. The fourth-order valence-electron chi connectivity index (χ4n) is 1.36. The lowest BCUT2D eigenvalue weighted by Crippen LogP contribution is -2.33. The van der Waals surface area contributed by atoms with Gasteiger partial charge in [-0.25, -0.2) is 8.78 Å². The normalized spacial score (nSPS) is 15.5. The Balaban J connectivity index is 2.02. The van der Waals surface area contributed by atoms with Crippen molar-refractivity contribution < 1.29 is 18.4 Å². The van der Waals surface area contributed by atoms with Gasteiger partial charge >= 0.3 is 0 Å². The van der Waals surface area contributed by atoms with E-state index in [2.05, 4.69) is 5.32 Å². The van der Waals surface area contributed by atoms with E-state index < -0.39 is 11.6 Å². The summed E-state index contributed by atoms with van der Waals surface area (Å²) in [6.45, 7) is -0.0897. The van der Waals surface area contributed by atoms with Crippen LogP contribution in [0.5, 0.6) is 0 Å². The predicted octanol–water partition coefficient (Wildman–Crippen LogP) is 2.03. The van der Waals surface area contributed by atoms with Crippen LogP contribution in [0.2, 0.25) is 0 Å². The van der Waals surface area contributed by atoms with Gasteiger partial charge in [-0.15, -0.1) is 0 Å². The maximum Gasteiger partial charge on any atom is 0.290 e. The van der Waals surface area contributed by atoms with Crippen molar-refractivity contribution in [3.63, 3.8) is 0 Å². The number of nitrogens with zero attached hydrogens (tertiary/aromatic N) is 1. The Morgan fingerprint density at radius 3 is 2.41 bits per heavy atom. The number of amides is 2. The van der Waals surface area contributed by atoms with Crippen LogP contribution >= 0.6 is 11.8 Å². The van der Waals surface area contributed by atoms with Crippen LogP contribution in [0.15, 0.2) is 18.2 Å². The number of thioether (sulfide) groups is 1. The molecule has 1 aromatic rings. The summed E-state index contributed by atoms with van der Waals surface area (Å²) in [7, 11) is 0. The highest BCUT2D eigenvalue weighted by Gasteiger charge is 2.29. The van der Waals surface area contributed by atoms with Crippen LogP contribution < -0.4 is 5.32 Å². The summed E-state index contributed by atoms with van der Waals surface area (Å²) in [5, 5.41) is 2.26. The molecule has 0 unspecified atom stereocenters. The maximum atomic E-state index is 12.9. The van der Waals surface area contributed by atoms with Crippen molar-refractivity contribution in [2.75, 3.05) is 17.7 Å². The summed E-state index contributed by atoms with van der Waals surface area (Å²) in [6, 6.07) is 2.91. The average molecular weight is 258 g/mol. The molecule has 1 aliphatic rings. The number of imide groups is 1. The molecule has 0 spiro atoms. The summed E-state index contributed by atoms with van der Waals surface area (Å²) < 4.78 is 25.7. The van der Waals surface area contributed by atoms with E-state index in [1.54, 1.807) is 0 Å². The lowest BCUT2D eigenvalue weighted by atomic mass is 10.3. The molecule has 0 bridgehead atoms. The summed E-state index contributed by atoms with van der Waals surface area (Å²) in [4.78, 5) is 23.4. The highest BCUT2D eigenvalue weighted by molar-refractivity contribution is 8.14. The molecular weight excluding hydrogens is 250 g/mol. The molecule has 1 fully saturated rings. The molecule has 0 aromatic heterocycles. The van der Waals surface area contributed by atoms with Crippen LogP contribution in [0.1, 0.15) is 0 Å². The van der Waals surface area contributed by atoms with Crippen molar-refractivity contribution in [1.82, 2.24) is 4.90 Å². The van der Waals surface area contributed by atoms with Crippen LogP contribution in [0.25, 0.3) is 0 Å². The van der Waals surface area contributed by atoms with Crippen molar-refractivity contribution in [2.24, 2.45) is 0 Å². The van der Waals surface area contributed by atoms with Gasteiger partial charge < -0.3 is 5.32 Å². The van der Waals surface area contributed by atoms with Gasteiger partial charge in [0.1, 0.15) is 11.6 Å². The van der Waals surface area contributed by atoms with Crippen molar-refractivity contribution in [3.8, 4) is 0 Å². The van der Waals surface area contributed by atoms with Gasteiger partial charge in [0.2, 0.25) is 5.91 Å². The zero-order valence-electron chi connectivity index (χ0n) is 8.57. The molecule has 0 aliphatic carbocycles. The first kappa shape index (κ1) is 11.8. The quantitative estimate of drug-likeness (QED) is 0.901. The fraction of sp³-hybridized carbons (Fsp3) is 0.200. The second-order valence-electron chi connectivity index (χ2n) is 3.37. The molecule has 1 aromatic carbocycles. The fourth-order valence-corrected chi connectivity index (χ4v) is 2.09. The second kappa shape index (κ2) is 4.70. The lowest BCUT2D eigenvalue weighted by molar-refractivity contribution is -0.124. The molecule has 7 heteroatoms. The highest BCUT2D eigenvalue weighted by atomic mass is 32.2. The molecule has 2 amide bonds. The van der Waals surface area contributed by atoms with Gasteiger partial charge in [-0.1, -0.05) is 11.8 Å². The van der Waals surface area contributed by atoms with E-state index >= 15 is 0 Å². The van der Waals surface area contributed by atoms with Crippen molar-refractivity contribution in [3.05, 3.63) is 29.8 Å². The first-order valence-corrected chi connectivity index (χ1v) is 5.72. The minimum Gasteiger partial charge on any atom is -0.367 e. The molecule has 1 saturated heterocycles. The van der Waals surface area contributed by atoms with E-state index in [1.165, 1.54) is 0 Å². The van der Waals surface area contributed by atoms with Crippen LogP contribution in [-0.4, -0.2) is 28.5 Å². The minimum atomic E-state index is -0.721. The van der Waals surface area contributed by atoms with E-state index in [0.717, 1.165) is 34.9 Å². The largest absolute Gasteiger partial charge is 0.367 e. The Bertz CT molecular complexity index is 445. The average Bonchev–Trinajstić information content (AvgIpc) is 2.55. The third-order valence-electron chi connectivity index (χ3n) is 2.14. The molecule has 0 atom stereocenters. The summed E-state index contributed by atoms with van der Waals surface area (Å²) in [6.07, 6.45) is 0. The number of nitrogens with one attached hydrogen (secondary N) is 1. The Kier molecular flexibility index (Phi) is 3.28. The minimum absolute atomic E-state index is 0.0897. The number of hydrogen-bond donors (Lipinski definition) is 1. The van der Waals surface area contributed by atoms with Gasteiger partial charge in [-0.2, -0.15) is 0 Å². The number of carbonyl (C=O) groups excluding carboxylic acids is 2. The third kappa shape index (κ3) is 2.73. The summed E-state index contributed by atoms with van der Waals surface area (Å²) in [5.41, 5.74) is 0.181. The van der Waals surface area contributed by atoms with E-state index in [4.69, 9.17) is 0 Å². The predicted molar refractivity (Wildman–Crippen MR) is 59.5 cm³/mol. The Morgan fingerprint density at radius 2 is 1.88 bits per heavy atom. The lowest BCUT2D eigenvalue weighted by Gasteiger charge is -2.14. The van der Waals surface area contributed by atoms with E-state index in [-0.39, 0.29) is 29.3 Å². The Hall–Kier alpha value is -1.63. The van der Waals surface area contributed by atoms with E-state index in [1.807, 2.05) is 0 Å². The topological polar surface area (TPSA) is 49.4 Å². The number of benzene rings is 1. The standard InChI is InChI=1S/C10H8F2N2O2S/c11-6-1-7(12)3-8(2-6)13-5-14-9(15)4-17-10(14)16/h1-3,13H,4-5H2. The molecule has 0 radical (unpaired) electrons. The third-order valence-corrected chi connectivity index (χ3v) is 3.00. The first-order chi connectivity index (χ1) is 8.06. The molecule has 2 rings (SSSR count). The van der Waals surface area contributed by atoms with Crippen molar-refractivity contribution >= 4 is 28.6 Å². The number of hydrogen-bond acceptors (Lipinski definition) is 4. The highest BCUT2D eigenvalue weighted by Crippen LogP contribution is 2.19. The molecule has 1 aliphatic heterocycles. The molecule has 1 heterocycles. The smallest absolute Gasteiger partial charge is 0.290 e. The number of rotatable bonds is 3. The number of carbonyl (C=O) groups is 2. The molecule has 1 N–H and O–H groups in total. The van der Waals surface area contributed by atoms with Gasteiger partial charge in [-0.3, -0.25) is 14.5 Å². The monoisotopic (exact) mass is 258 g/mol. The van der Waals surface area contributed by atoms with Crippen LogP contribution in [0.3, 0.4) is 0 Å². The van der Waals surface area contributed by atoms with Gasteiger partial charge in [0.15, 0.2) is 0 Å². The zero-order chi connectivity index (χ0) is 12.4. The summed E-state index contributed by atoms with van der Waals surface area (Å²) in [5.74, 6) is -1.65. The van der Waals surface area contributed by atoms with Crippen LogP contribution in [0.4, 0.5) is 19.3 Å². The number of anilines is 1. The SMILES string of the molecule is O=C1CSC(=O)N1CNc1cc(F)cc(F)c1. The first-order valence-electron chi connectivity index (χ1n) is 4.73. The van der Waals surface area contributed by atoms with E-state index in [9.17, 15) is 18.4 Å². The van der Waals surface area contributed by atoms with Crippen molar-refractivity contribution in [2.45, 2.75) is 0 Å². The van der Waals surface area contributed by atoms with Gasteiger partial charge in [0.05, 0.1) is 12.4 Å². The molecule has 0 saturated carbocycles. The molecule has 90 valence electrons. The molecule has 4 nitrogen and oxygen atoms in total.